The van der Waals surface area contributed by atoms with Gasteiger partial charge in [-0.05, 0) is 44.5 Å². The van der Waals surface area contributed by atoms with Gasteiger partial charge in [0.05, 0.1) is 16.4 Å². The number of rotatable bonds is 6. The van der Waals surface area contributed by atoms with E-state index < -0.39 is 32.3 Å². The second-order valence-corrected chi connectivity index (χ2v) is 8.85. The number of nitrogens with zero attached hydrogens (tertiary/aromatic N) is 2. The van der Waals surface area contributed by atoms with E-state index in [1.807, 2.05) is 0 Å². The van der Waals surface area contributed by atoms with Gasteiger partial charge in [-0.2, -0.15) is 0 Å². The van der Waals surface area contributed by atoms with Crippen molar-refractivity contribution in [2.24, 2.45) is 0 Å². The first-order chi connectivity index (χ1) is 12.9. The van der Waals surface area contributed by atoms with Crippen molar-refractivity contribution in [1.82, 2.24) is 0 Å². The Kier molecular flexibility index (Phi) is 5.93. The lowest BCUT2D eigenvalue weighted by molar-refractivity contribution is -0.384. The van der Waals surface area contributed by atoms with Crippen molar-refractivity contribution in [2.45, 2.75) is 32.1 Å². The highest BCUT2D eigenvalue weighted by molar-refractivity contribution is 7.91. The summed E-state index contributed by atoms with van der Waals surface area (Å²) >= 11 is 0. The largest absolute Gasteiger partial charge is 0.465 e. The van der Waals surface area contributed by atoms with E-state index in [0.29, 0.717) is 5.69 Å². The molecule has 9 nitrogen and oxygen atoms in total. The third-order valence-electron chi connectivity index (χ3n) is 3.72. The zero-order valence-electron chi connectivity index (χ0n) is 15.6. The van der Waals surface area contributed by atoms with Crippen LogP contribution < -0.4 is 9.62 Å². The maximum absolute atomic E-state index is 12.5. The molecule has 0 aliphatic rings. The zero-order valence-corrected chi connectivity index (χ0v) is 16.4. The van der Waals surface area contributed by atoms with Gasteiger partial charge < -0.3 is 5.11 Å². The topological polar surface area (TPSA) is 130 Å². The van der Waals surface area contributed by atoms with Crippen molar-refractivity contribution in [2.75, 3.05) is 9.62 Å². The van der Waals surface area contributed by atoms with Crippen molar-refractivity contribution in [3.63, 3.8) is 0 Å². The number of hydrogen-bond donors (Lipinski definition) is 2. The minimum atomic E-state index is -3.87. The summed E-state index contributed by atoms with van der Waals surface area (Å²) in [5.74, 6) is -0.458. The highest BCUT2D eigenvalue weighted by Crippen LogP contribution is 2.27. The number of hydrogen-bond acceptors (Lipinski definition) is 5. The van der Waals surface area contributed by atoms with Gasteiger partial charge in [0.25, 0.3) is 5.69 Å². The molecule has 2 rings (SSSR count). The van der Waals surface area contributed by atoms with Crippen LogP contribution in [0, 0.1) is 10.1 Å². The Morgan fingerprint density at radius 2 is 1.82 bits per heavy atom. The van der Waals surface area contributed by atoms with Crippen LogP contribution in [0.5, 0.6) is 0 Å². The Morgan fingerprint density at radius 1 is 1.18 bits per heavy atom. The number of carboxylic acid groups (broad SMARTS) is 1. The lowest BCUT2D eigenvalue weighted by Crippen LogP contribution is -2.45. The summed E-state index contributed by atoms with van der Waals surface area (Å²) in [6.07, 6.45) is -1.16. The third kappa shape index (κ3) is 5.43. The van der Waals surface area contributed by atoms with Crippen LogP contribution in [0.3, 0.4) is 0 Å². The zero-order chi connectivity index (χ0) is 21.1. The molecule has 28 heavy (non-hydrogen) atoms. The molecule has 0 aliphatic carbocycles. The average Bonchev–Trinajstić information content (AvgIpc) is 2.52. The van der Waals surface area contributed by atoms with Gasteiger partial charge in [0, 0.05) is 23.4 Å². The SMILES string of the molecule is CC(C)(C)N(C(=O)O)c1cccc(NS(=O)(=O)Cc2cccc([N+](=O)[O-])c2)c1. The summed E-state index contributed by atoms with van der Waals surface area (Å²) < 4.78 is 27.3. The monoisotopic (exact) mass is 407 g/mol. The molecule has 0 aliphatic heterocycles. The van der Waals surface area contributed by atoms with Crippen LogP contribution in [-0.2, 0) is 15.8 Å². The molecule has 150 valence electrons. The van der Waals surface area contributed by atoms with Gasteiger partial charge in [0.15, 0.2) is 0 Å². The van der Waals surface area contributed by atoms with Crippen LogP contribution in [0.2, 0.25) is 0 Å². The fourth-order valence-corrected chi connectivity index (χ4v) is 3.86. The molecule has 0 radical (unpaired) electrons. The molecule has 0 saturated heterocycles. The van der Waals surface area contributed by atoms with Crippen molar-refractivity contribution in [1.29, 1.82) is 0 Å². The molecular formula is C18H21N3O6S. The highest BCUT2D eigenvalue weighted by Gasteiger charge is 2.28. The number of nitro benzene ring substituents is 1. The summed E-state index contributed by atoms with van der Waals surface area (Å²) in [6.45, 7) is 5.17. The fourth-order valence-electron chi connectivity index (χ4n) is 2.69. The van der Waals surface area contributed by atoms with Crippen LogP contribution in [0.15, 0.2) is 48.5 Å². The third-order valence-corrected chi connectivity index (χ3v) is 4.98. The molecular weight excluding hydrogens is 386 g/mol. The second-order valence-electron chi connectivity index (χ2n) is 7.13. The van der Waals surface area contributed by atoms with Crippen molar-refractivity contribution in [3.05, 3.63) is 64.2 Å². The van der Waals surface area contributed by atoms with E-state index in [9.17, 15) is 28.4 Å². The van der Waals surface area contributed by atoms with Crippen molar-refractivity contribution in [3.8, 4) is 0 Å². The van der Waals surface area contributed by atoms with Gasteiger partial charge in [-0.3, -0.25) is 19.7 Å². The molecule has 2 aromatic carbocycles. The predicted molar refractivity (Wildman–Crippen MR) is 106 cm³/mol. The molecule has 2 N–H and O–H groups in total. The van der Waals surface area contributed by atoms with E-state index in [4.69, 9.17) is 0 Å². The summed E-state index contributed by atoms with van der Waals surface area (Å²) in [4.78, 5) is 23.0. The summed E-state index contributed by atoms with van der Waals surface area (Å²) in [7, 11) is -3.87. The number of carbonyl (C=O) groups is 1. The number of sulfonamides is 1. The number of benzene rings is 2. The van der Waals surface area contributed by atoms with E-state index in [-0.39, 0.29) is 16.9 Å². The molecule has 0 saturated carbocycles. The smallest absolute Gasteiger partial charge is 0.412 e. The molecule has 1 amide bonds. The molecule has 0 spiro atoms. The second kappa shape index (κ2) is 7.85. The first-order valence-electron chi connectivity index (χ1n) is 8.26. The Balaban J connectivity index is 2.26. The minimum Gasteiger partial charge on any atom is -0.465 e. The molecule has 0 bridgehead atoms. The Hall–Kier alpha value is -3.14. The number of amides is 1. The van der Waals surface area contributed by atoms with Gasteiger partial charge >= 0.3 is 6.09 Å². The number of anilines is 2. The Morgan fingerprint density at radius 3 is 2.39 bits per heavy atom. The predicted octanol–water partition coefficient (Wildman–Crippen LogP) is 3.82. The lowest BCUT2D eigenvalue weighted by Gasteiger charge is -2.33. The van der Waals surface area contributed by atoms with E-state index in [1.54, 1.807) is 32.9 Å². The minimum absolute atomic E-state index is 0.193. The molecule has 0 atom stereocenters. The van der Waals surface area contributed by atoms with Crippen LogP contribution in [-0.4, -0.2) is 30.1 Å². The van der Waals surface area contributed by atoms with E-state index >= 15 is 0 Å². The van der Waals surface area contributed by atoms with Gasteiger partial charge in [0.1, 0.15) is 0 Å². The molecule has 10 heteroatoms. The molecule has 0 unspecified atom stereocenters. The quantitative estimate of drug-likeness (QED) is 0.553. The summed E-state index contributed by atoms with van der Waals surface area (Å²) in [5, 5.41) is 20.3. The van der Waals surface area contributed by atoms with Crippen LogP contribution >= 0.6 is 0 Å². The van der Waals surface area contributed by atoms with Gasteiger partial charge in [0.2, 0.25) is 10.0 Å². The van der Waals surface area contributed by atoms with Crippen LogP contribution in [0.1, 0.15) is 26.3 Å². The fraction of sp³-hybridized carbons (Fsp3) is 0.278. The number of nitrogens with one attached hydrogen (secondary N) is 1. The van der Waals surface area contributed by atoms with E-state index in [1.165, 1.54) is 36.4 Å². The molecule has 2 aromatic rings. The maximum atomic E-state index is 12.5. The van der Waals surface area contributed by atoms with E-state index in [0.717, 1.165) is 4.90 Å². The normalized spacial score (nSPS) is 11.7. The van der Waals surface area contributed by atoms with Crippen molar-refractivity contribution >= 4 is 33.2 Å². The molecule has 0 heterocycles. The van der Waals surface area contributed by atoms with Gasteiger partial charge in [-0.25, -0.2) is 13.2 Å². The van der Waals surface area contributed by atoms with Gasteiger partial charge in [-0.15, -0.1) is 0 Å². The molecule has 0 aromatic heterocycles. The van der Waals surface area contributed by atoms with Crippen molar-refractivity contribution < 1.29 is 23.2 Å². The first-order valence-corrected chi connectivity index (χ1v) is 9.91. The van der Waals surface area contributed by atoms with Crippen LogP contribution in [0.4, 0.5) is 21.9 Å². The summed E-state index contributed by atoms with van der Waals surface area (Å²) in [5.41, 5.74) is -0.155. The standard InChI is InChI=1S/C18H21N3O6S/c1-18(2,3)20(17(22)23)15-8-5-7-14(11-15)19-28(26,27)12-13-6-4-9-16(10-13)21(24)25/h4-11,19H,12H2,1-3H3,(H,22,23). The summed E-state index contributed by atoms with van der Waals surface area (Å²) in [6, 6.07) is 11.4. The first kappa shape index (κ1) is 21.2. The average molecular weight is 407 g/mol. The molecule has 0 fully saturated rings. The highest BCUT2D eigenvalue weighted by atomic mass is 32.2. The Bertz CT molecular complexity index is 998. The number of nitro groups is 1. The number of non-ortho nitro benzene ring substituents is 1. The van der Waals surface area contributed by atoms with Crippen LogP contribution in [0.25, 0.3) is 0 Å². The Labute approximate surface area is 162 Å². The lowest BCUT2D eigenvalue weighted by atomic mass is 10.1. The maximum Gasteiger partial charge on any atom is 0.412 e. The van der Waals surface area contributed by atoms with Gasteiger partial charge in [-0.1, -0.05) is 18.2 Å². The van der Waals surface area contributed by atoms with E-state index in [2.05, 4.69) is 4.72 Å².